The van der Waals surface area contributed by atoms with Crippen molar-refractivity contribution in [2.75, 3.05) is 31.2 Å². The monoisotopic (exact) mass is 399 g/mol. The lowest BCUT2D eigenvalue weighted by atomic mass is 10.1. The lowest BCUT2D eigenvalue weighted by Gasteiger charge is -2.29. The van der Waals surface area contributed by atoms with E-state index in [2.05, 4.69) is 45.8 Å². The maximum atomic E-state index is 12.5. The molecule has 0 unspecified atom stereocenters. The molecule has 3 heterocycles. The van der Waals surface area contributed by atoms with Gasteiger partial charge in [0, 0.05) is 50.1 Å². The molecule has 3 rings (SSSR count). The molecule has 7 nitrogen and oxygen atoms in total. The Bertz CT molecular complexity index is 825. The summed E-state index contributed by atoms with van der Waals surface area (Å²) in [5.41, 5.74) is 4.43. The van der Waals surface area contributed by atoms with Gasteiger partial charge in [-0.3, -0.25) is 9.48 Å². The number of hydrogen-bond donors (Lipinski definition) is 1. The fourth-order valence-electron chi connectivity index (χ4n) is 3.77. The molecular formula is C22H33N5O2. The van der Waals surface area contributed by atoms with Gasteiger partial charge in [0.2, 0.25) is 5.91 Å². The van der Waals surface area contributed by atoms with Gasteiger partial charge < -0.3 is 15.0 Å². The van der Waals surface area contributed by atoms with Crippen molar-refractivity contribution < 1.29 is 9.53 Å². The maximum Gasteiger partial charge on any atom is 0.220 e. The molecule has 1 aliphatic heterocycles. The van der Waals surface area contributed by atoms with E-state index in [9.17, 15) is 4.79 Å². The number of hydrogen-bond acceptors (Lipinski definition) is 5. The Balaban J connectivity index is 1.56. The van der Waals surface area contributed by atoms with Gasteiger partial charge >= 0.3 is 0 Å². The molecule has 1 fully saturated rings. The number of rotatable bonds is 8. The van der Waals surface area contributed by atoms with Crippen molar-refractivity contribution in [2.24, 2.45) is 5.92 Å². The number of morpholine rings is 1. The number of ether oxygens (including phenoxy) is 1. The van der Waals surface area contributed by atoms with Gasteiger partial charge in [-0.2, -0.15) is 5.10 Å². The van der Waals surface area contributed by atoms with E-state index in [0.717, 1.165) is 36.7 Å². The number of aromatic nitrogens is 3. The SMILES string of the molecule is Cc1nn(CC(C)C)c(C)c1CCC(=O)NCc1cccnc1N1CCOCC1. The van der Waals surface area contributed by atoms with Crippen LogP contribution in [0.25, 0.3) is 0 Å². The van der Waals surface area contributed by atoms with E-state index in [1.54, 1.807) is 6.20 Å². The van der Waals surface area contributed by atoms with Crippen LogP contribution in [0.15, 0.2) is 18.3 Å². The van der Waals surface area contributed by atoms with Crippen LogP contribution in [0, 0.1) is 19.8 Å². The standard InChI is InChI=1S/C22H33N5O2/c1-16(2)15-27-18(4)20(17(3)25-27)7-8-21(28)24-14-19-6-5-9-23-22(19)26-10-12-29-13-11-26/h5-6,9,16H,7-8,10-15H2,1-4H3,(H,24,28). The Hall–Kier alpha value is -2.41. The van der Waals surface area contributed by atoms with Gasteiger partial charge in [0.05, 0.1) is 18.9 Å². The Morgan fingerprint density at radius 3 is 2.76 bits per heavy atom. The predicted octanol–water partition coefficient (Wildman–Crippen LogP) is 2.64. The molecule has 158 valence electrons. The molecule has 0 aromatic carbocycles. The van der Waals surface area contributed by atoms with E-state index >= 15 is 0 Å². The van der Waals surface area contributed by atoms with Crippen LogP contribution in [-0.4, -0.2) is 47.0 Å². The molecule has 0 atom stereocenters. The molecule has 7 heteroatoms. The van der Waals surface area contributed by atoms with E-state index in [1.165, 1.54) is 11.3 Å². The Labute approximate surface area is 173 Å². The van der Waals surface area contributed by atoms with Crippen LogP contribution in [-0.2, 0) is 29.0 Å². The van der Waals surface area contributed by atoms with Gasteiger partial charge in [-0.15, -0.1) is 0 Å². The van der Waals surface area contributed by atoms with Gasteiger partial charge in [-0.25, -0.2) is 4.98 Å². The minimum absolute atomic E-state index is 0.0530. The molecule has 0 aliphatic carbocycles. The van der Waals surface area contributed by atoms with Crippen molar-refractivity contribution in [3.8, 4) is 0 Å². The summed E-state index contributed by atoms with van der Waals surface area (Å²) in [4.78, 5) is 19.2. The van der Waals surface area contributed by atoms with Gasteiger partial charge in [-0.1, -0.05) is 19.9 Å². The number of aryl methyl sites for hydroxylation is 1. The molecule has 0 bridgehead atoms. The number of anilines is 1. The third-order valence-electron chi connectivity index (χ3n) is 5.33. The fraction of sp³-hybridized carbons (Fsp3) is 0.591. The van der Waals surface area contributed by atoms with Crippen LogP contribution in [0.5, 0.6) is 0 Å². The Kier molecular flexibility index (Phi) is 7.25. The molecule has 1 amide bonds. The maximum absolute atomic E-state index is 12.5. The van der Waals surface area contributed by atoms with E-state index in [1.807, 2.05) is 19.1 Å². The van der Waals surface area contributed by atoms with Crippen molar-refractivity contribution in [3.05, 3.63) is 40.8 Å². The third-order valence-corrected chi connectivity index (χ3v) is 5.33. The Morgan fingerprint density at radius 1 is 1.28 bits per heavy atom. The molecule has 2 aromatic heterocycles. The molecule has 1 aliphatic rings. The second kappa shape index (κ2) is 9.87. The highest BCUT2D eigenvalue weighted by atomic mass is 16.5. The summed E-state index contributed by atoms with van der Waals surface area (Å²) >= 11 is 0. The minimum atomic E-state index is 0.0530. The minimum Gasteiger partial charge on any atom is -0.378 e. The normalized spacial score (nSPS) is 14.4. The fourth-order valence-corrected chi connectivity index (χ4v) is 3.77. The van der Waals surface area contributed by atoms with Gasteiger partial charge in [0.1, 0.15) is 5.82 Å². The Morgan fingerprint density at radius 2 is 2.03 bits per heavy atom. The van der Waals surface area contributed by atoms with Crippen molar-refractivity contribution in [2.45, 2.75) is 53.6 Å². The molecule has 0 spiro atoms. The smallest absolute Gasteiger partial charge is 0.220 e. The third kappa shape index (κ3) is 5.56. The highest BCUT2D eigenvalue weighted by Crippen LogP contribution is 2.19. The van der Waals surface area contributed by atoms with Gasteiger partial charge in [0.15, 0.2) is 0 Å². The van der Waals surface area contributed by atoms with E-state index in [0.29, 0.717) is 38.5 Å². The van der Waals surface area contributed by atoms with Crippen LogP contribution >= 0.6 is 0 Å². The average molecular weight is 400 g/mol. The summed E-state index contributed by atoms with van der Waals surface area (Å²) < 4.78 is 7.50. The van der Waals surface area contributed by atoms with Crippen molar-refractivity contribution in [1.82, 2.24) is 20.1 Å². The summed E-state index contributed by atoms with van der Waals surface area (Å²) in [5.74, 6) is 1.54. The lowest BCUT2D eigenvalue weighted by molar-refractivity contribution is -0.121. The van der Waals surface area contributed by atoms with Crippen LogP contribution < -0.4 is 10.2 Å². The molecule has 1 N–H and O–H groups in total. The molecule has 2 aromatic rings. The summed E-state index contributed by atoms with van der Waals surface area (Å²) in [6.07, 6.45) is 2.98. The van der Waals surface area contributed by atoms with Crippen molar-refractivity contribution in [3.63, 3.8) is 0 Å². The molecule has 0 radical (unpaired) electrons. The van der Waals surface area contributed by atoms with Crippen LogP contribution in [0.2, 0.25) is 0 Å². The first-order chi connectivity index (χ1) is 14.0. The number of nitrogens with zero attached hydrogens (tertiary/aromatic N) is 4. The van der Waals surface area contributed by atoms with E-state index in [-0.39, 0.29) is 5.91 Å². The number of carbonyl (C=O) groups excluding carboxylic acids is 1. The summed E-state index contributed by atoms with van der Waals surface area (Å²) in [6, 6.07) is 3.95. The summed E-state index contributed by atoms with van der Waals surface area (Å²) in [6.45, 7) is 13.0. The van der Waals surface area contributed by atoms with Crippen LogP contribution in [0.4, 0.5) is 5.82 Å². The van der Waals surface area contributed by atoms with E-state index < -0.39 is 0 Å². The van der Waals surface area contributed by atoms with Crippen molar-refractivity contribution in [1.29, 1.82) is 0 Å². The zero-order valence-electron chi connectivity index (χ0n) is 18.1. The van der Waals surface area contributed by atoms with Gasteiger partial charge in [0.25, 0.3) is 0 Å². The second-order valence-electron chi connectivity index (χ2n) is 8.09. The number of nitrogens with one attached hydrogen (secondary N) is 1. The number of carbonyl (C=O) groups is 1. The highest BCUT2D eigenvalue weighted by Gasteiger charge is 2.17. The first-order valence-electron chi connectivity index (χ1n) is 10.5. The van der Waals surface area contributed by atoms with Crippen molar-refractivity contribution >= 4 is 11.7 Å². The second-order valence-corrected chi connectivity index (χ2v) is 8.09. The number of pyridine rings is 1. The lowest BCUT2D eigenvalue weighted by Crippen LogP contribution is -2.37. The van der Waals surface area contributed by atoms with Gasteiger partial charge in [-0.05, 0) is 37.8 Å². The largest absolute Gasteiger partial charge is 0.378 e. The summed E-state index contributed by atoms with van der Waals surface area (Å²) in [7, 11) is 0. The van der Waals surface area contributed by atoms with E-state index in [4.69, 9.17) is 4.74 Å². The first-order valence-corrected chi connectivity index (χ1v) is 10.5. The zero-order chi connectivity index (χ0) is 20.8. The topological polar surface area (TPSA) is 72.3 Å². The van der Waals surface area contributed by atoms with Crippen LogP contribution in [0.1, 0.15) is 42.8 Å². The zero-order valence-corrected chi connectivity index (χ0v) is 18.1. The quantitative estimate of drug-likeness (QED) is 0.739. The molecule has 0 saturated carbocycles. The summed E-state index contributed by atoms with van der Waals surface area (Å²) in [5, 5.41) is 7.71. The molecule has 1 saturated heterocycles. The number of amides is 1. The average Bonchev–Trinajstić information content (AvgIpc) is 2.97. The molecular weight excluding hydrogens is 366 g/mol. The molecule has 29 heavy (non-hydrogen) atoms. The predicted molar refractivity (Wildman–Crippen MR) is 114 cm³/mol. The highest BCUT2D eigenvalue weighted by molar-refractivity contribution is 5.76. The van der Waals surface area contributed by atoms with Crippen LogP contribution in [0.3, 0.4) is 0 Å². The first kappa shape index (κ1) is 21.3.